The summed E-state index contributed by atoms with van der Waals surface area (Å²) in [4.78, 5) is 14.8. The van der Waals surface area contributed by atoms with Crippen molar-refractivity contribution in [3.05, 3.63) is 76.8 Å². The second-order valence-corrected chi connectivity index (χ2v) is 8.91. The number of fused-ring (bicyclic) bond motifs is 1. The summed E-state index contributed by atoms with van der Waals surface area (Å²) < 4.78 is 34.4. The van der Waals surface area contributed by atoms with Gasteiger partial charge in [-0.2, -0.15) is 0 Å². The molecule has 152 valence electrons. The maximum atomic E-state index is 13.0. The Labute approximate surface area is 176 Å². The number of benzene rings is 3. The van der Waals surface area contributed by atoms with Gasteiger partial charge in [0.05, 0.1) is 34.0 Å². The topological polar surface area (TPSA) is 111 Å². The summed E-state index contributed by atoms with van der Waals surface area (Å²) in [7, 11) is -2.90. The second kappa shape index (κ2) is 7.73. The van der Waals surface area contributed by atoms with Crippen LogP contribution < -0.4 is 9.46 Å². The van der Waals surface area contributed by atoms with E-state index in [9.17, 15) is 18.5 Å². The summed E-state index contributed by atoms with van der Waals surface area (Å²) in [6.07, 6.45) is 0. The molecular weight excluding hydrogens is 426 g/mol. The fourth-order valence-electron chi connectivity index (χ4n) is 2.94. The van der Waals surface area contributed by atoms with Gasteiger partial charge in [-0.15, -0.1) is 11.3 Å². The molecule has 4 aromatic rings. The number of nitro benzene ring substituents is 1. The highest BCUT2D eigenvalue weighted by Gasteiger charge is 2.27. The van der Waals surface area contributed by atoms with E-state index >= 15 is 0 Å². The van der Waals surface area contributed by atoms with Gasteiger partial charge in [0, 0.05) is 5.56 Å². The number of nitro groups is 1. The van der Waals surface area contributed by atoms with Crippen molar-refractivity contribution in [3.63, 3.8) is 0 Å². The zero-order chi connectivity index (χ0) is 21.3. The molecule has 0 radical (unpaired) electrons. The van der Waals surface area contributed by atoms with E-state index in [4.69, 9.17) is 4.74 Å². The summed E-state index contributed by atoms with van der Waals surface area (Å²) in [5.74, 6) is 0.190. The van der Waals surface area contributed by atoms with E-state index in [0.717, 1.165) is 22.3 Å². The third-order valence-corrected chi connectivity index (χ3v) is 6.83. The highest BCUT2D eigenvalue weighted by Crippen LogP contribution is 2.36. The Kier molecular flexibility index (Phi) is 5.10. The van der Waals surface area contributed by atoms with Crippen LogP contribution in [0.4, 0.5) is 11.4 Å². The third kappa shape index (κ3) is 3.70. The molecule has 0 bridgehead atoms. The van der Waals surface area contributed by atoms with E-state index in [0.29, 0.717) is 10.6 Å². The zero-order valence-corrected chi connectivity index (χ0v) is 17.2. The number of nitrogens with one attached hydrogen (secondary N) is 1. The standard InChI is InChI=1S/C20H15N3O5S2/c1-28-13-10-11-19(17(12-13)23(24)25)30(26,27)22-15-7-3-2-6-14(15)20-21-16-8-4-5-9-18(16)29-20/h2-12,22H,1H3. The van der Waals surface area contributed by atoms with E-state index in [2.05, 4.69) is 9.71 Å². The van der Waals surface area contributed by atoms with Crippen molar-refractivity contribution in [2.75, 3.05) is 11.8 Å². The van der Waals surface area contributed by atoms with Crippen LogP contribution in [0.3, 0.4) is 0 Å². The molecule has 30 heavy (non-hydrogen) atoms. The van der Waals surface area contributed by atoms with Crippen molar-refractivity contribution in [2.45, 2.75) is 4.90 Å². The van der Waals surface area contributed by atoms with E-state index in [-0.39, 0.29) is 11.4 Å². The van der Waals surface area contributed by atoms with Crippen molar-refractivity contribution in [1.82, 2.24) is 4.98 Å². The Morgan fingerprint density at radius 2 is 1.80 bits per heavy atom. The van der Waals surface area contributed by atoms with Crippen molar-refractivity contribution in [1.29, 1.82) is 0 Å². The first kappa shape index (κ1) is 19.8. The number of hydrogen-bond acceptors (Lipinski definition) is 7. The van der Waals surface area contributed by atoms with Crippen LogP contribution in [-0.2, 0) is 10.0 Å². The van der Waals surface area contributed by atoms with Crippen molar-refractivity contribution in [3.8, 4) is 16.3 Å². The Morgan fingerprint density at radius 3 is 2.53 bits per heavy atom. The number of anilines is 1. The van der Waals surface area contributed by atoms with Crippen LogP contribution in [0.2, 0.25) is 0 Å². The molecule has 1 N–H and O–H groups in total. The highest BCUT2D eigenvalue weighted by molar-refractivity contribution is 7.92. The largest absolute Gasteiger partial charge is 0.497 e. The van der Waals surface area contributed by atoms with Crippen molar-refractivity contribution >= 4 is 43.0 Å². The minimum atomic E-state index is -4.24. The normalized spacial score (nSPS) is 11.4. The molecule has 3 aromatic carbocycles. The van der Waals surface area contributed by atoms with Crippen molar-refractivity contribution in [2.24, 2.45) is 0 Å². The molecule has 0 saturated carbocycles. The Bertz CT molecular complexity index is 1330. The van der Waals surface area contributed by atoms with Gasteiger partial charge in [-0.3, -0.25) is 14.8 Å². The number of sulfonamides is 1. The predicted octanol–water partition coefficient (Wildman–Crippen LogP) is 4.68. The smallest absolute Gasteiger partial charge is 0.293 e. The molecule has 0 unspecified atom stereocenters. The Balaban J connectivity index is 1.78. The lowest BCUT2D eigenvalue weighted by molar-refractivity contribution is -0.387. The maximum absolute atomic E-state index is 13.0. The van der Waals surface area contributed by atoms with Crippen molar-refractivity contribution < 1.29 is 18.1 Å². The highest BCUT2D eigenvalue weighted by atomic mass is 32.2. The zero-order valence-electron chi connectivity index (χ0n) is 15.6. The third-order valence-electron chi connectivity index (χ3n) is 4.35. The van der Waals surface area contributed by atoms with Gasteiger partial charge in [-0.05, 0) is 36.4 Å². The lowest BCUT2D eigenvalue weighted by atomic mass is 10.2. The number of rotatable bonds is 6. The molecule has 1 aromatic heterocycles. The fraction of sp³-hybridized carbons (Fsp3) is 0.0500. The molecule has 0 aliphatic rings. The number of thiazole rings is 1. The van der Waals surface area contributed by atoms with E-state index < -0.39 is 25.5 Å². The van der Waals surface area contributed by atoms with Crippen LogP contribution in [-0.4, -0.2) is 25.4 Å². The van der Waals surface area contributed by atoms with Gasteiger partial charge in [-0.25, -0.2) is 13.4 Å². The molecule has 4 rings (SSSR count). The first-order chi connectivity index (χ1) is 14.4. The molecule has 8 nitrogen and oxygen atoms in total. The van der Waals surface area contributed by atoms with Crippen LogP contribution in [0.25, 0.3) is 20.8 Å². The molecule has 0 spiro atoms. The first-order valence-electron chi connectivity index (χ1n) is 8.69. The van der Waals surface area contributed by atoms with Gasteiger partial charge in [0.1, 0.15) is 10.8 Å². The molecule has 0 atom stereocenters. The number of nitrogens with zero attached hydrogens (tertiary/aromatic N) is 2. The van der Waals surface area contributed by atoms with Crippen LogP contribution in [0.5, 0.6) is 5.75 Å². The Hall–Kier alpha value is -3.50. The number of aromatic nitrogens is 1. The lowest BCUT2D eigenvalue weighted by Gasteiger charge is -2.12. The second-order valence-electron chi connectivity index (χ2n) is 6.23. The lowest BCUT2D eigenvalue weighted by Crippen LogP contribution is -2.15. The van der Waals surface area contributed by atoms with Gasteiger partial charge in [-0.1, -0.05) is 24.3 Å². The minimum Gasteiger partial charge on any atom is -0.497 e. The quantitative estimate of drug-likeness (QED) is 0.343. The van der Waals surface area contributed by atoms with Crippen LogP contribution in [0.1, 0.15) is 0 Å². The molecule has 0 amide bonds. The van der Waals surface area contributed by atoms with E-state index in [1.54, 1.807) is 24.3 Å². The van der Waals surface area contributed by atoms with E-state index in [1.165, 1.54) is 24.5 Å². The number of ether oxygens (including phenoxy) is 1. The Morgan fingerprint density at radius 1 is 1.07 bits per heavy atom. The van der Waals surface area contributed by atoms with Gasteiger partial charge in [0.15, 0.2) is 4.90 Å². The van der Waals surface area contributed by atoms with Crippen LogP contribution >= 0.6 is 11.3 Å². The van der Waals surface area contributed by atoms with Crippen LogP contribution in [0.15, 0.2) is 71.6 Å². The van der Waals surface area contributed by atoms with Gasteiger partial charge in [0.25, 0.3) is 15.7 Å². The number of hydrogen-bond donors (Lipinski definition) is 1. The summed E-state index contributed by atoms with van der Waals surface area (Å²) >= 11 is 1.43. The van der Waals surface area contributed by atoms with Crippen LogP contribution in [0, 0.1) is 10.1 Å². The number of para-hydroxylation sites is 2. The summed E-state index contributed by atoms with van der Waals surface area (Å²) in [6.45, 7) is 0. The van der Waals surface area contributed by atoms with Gasteiger partial charge < -0.3 is 4.74 Å². The minimum absolute atomic E-state index is 0.190. The molecule has 0 aliphatic heterocycles. The molecule has 0 aliphatic carbocycles. The van der Waals surface area contributed by atoms with E-state index in [1.807, 2.05) is 24.3 Å². The maximum Gasteiger partial charge on any atom is 0.293 e. The molecule has 0 saturated heterocycles. The van der Waals surface area contributed by atoms with Gasteiger partial charge in [0.2, 0.25) is 0 Å². The summed E-state index contributed by atoms with van der Waals surface area (Å²) in [6, 6.07) is 18.0. The average Bonchev–Trinajstić information content (AvgIpc) is 3.17. The molecule has 10 heteroatoms. The SMILES string of the molecule is COc1ccc(S(=O)(=O)Nc2ccccc2-c2nc3ccccc3s2)c([N+](=O)[O-])c1. The number of methoxy groups -OCH3 is 1. The summed E-state index contributed by atoms with van der Waals surface area (Å²) in [5.41, 5.74) is 1.10. The summed E-state index contributed by atoms with van der Waals surface area (Å²) in [5, 5.41) is 12.1. The fourth-order valence-corrected chi connectivity index (χ4v) is 5.18. The monoisotopic (exact) mass is 441 g/mol. The first-order valence-corrected chi connectivity index (χ1v) is 11.0. The molecular formula is C20H15N3O5S2. The molecule has 1 heterocycles. The predicted molar refractivity (Wildman–Crippen MR) is 116 cm³/mol. The molecule has 0 fully saturated rings. The average molecular weight is 441 g/mol. The van der Waals surface area contributed by atoms with Gasteiger partial charge >= 0.3 is 0 Å².